The van der Waals surface area contributed by atoms with E-state index in [9.17, 15) is 15.0 Å². The lowest BCUT2D eigenvalue weighted by atomic mass is 9.71. The second-order valence-corrected chi connectivity index (χ2v) is 9.45. The Bertz CT molecular complexity index is 1220. The molecular formula is C26H21ClN2O2S. The molecule has 0 bridgehead atoms. The predicted molar refractivity (Wildman–Crippen MR) is 129 cm³/mol. The van der Waals surface area contributed by atoms with E-state index in [1.165, 1.54) is 11.3 Å². The third-order valence-electron chi connectivity index (χ3n) is 6.15. The summed E-state index contributed by atoms with van der Waals surface area (Å²) in [6.07, 6.45) is 1.93. The number of nitrogens with zero attached hydrogens (tertiary/aromatic N) is 1. The van der Waals surface area contributed by atoms with Gasteiger partial charge in [-0.05, 0) is 60.7 Å². The molecule has 0 saturated heterocycles. The van der Waals surface area contributed by atoms with Gasteiger partial charge in [0, 0.05) is 44.8 Å². The average molecular weight is 461 g/mol. The van der Waals surface area contributed by atoms with Crippen LogP contribution in [0.3, 0.4) is 0 Å². The molecular weight excluding hydrogens is 440 g/mol. The van der Waals surface area contributed by atoms with Crippen LogP contribution < -0.4 is 4.90 Å². The number of carbonyl (C=O) groups excluding carboxylic acids is 2. The number of nitrogens with one attached hydrogen (secondary N) is 1. The number of hydrogen-bond acceptors (Lipinski definition) is 4. The minimum atomic E-state index is -0.796. The highest BCUT2D eigenvalue weighted by Gasteiger charge is 2.48. The van der Waals surface area contributed by atoms with Crippen molar-refractivity contribution < 1.29 is 9.59 Å². The summed E-state index contributed by atoms with van der Waals surface area (Å²) in [5.74, 6) is -1.13. The topological polar surface area (TPSA) is 61.2 Å². The van der Waals surface area contributed by atoms with Crippen molar-refractivity contribution >= 4 is 46.0 Å². The Morgan fingerprint density at radius 3 is 2.44 bits per heavy atom. The van der Waals surface area contributed by atoms with Gasteiger partial charge in [-0.2, -0.15) is 0 Å². The second kappa shape index (κ2) is 8.49. The number of ketones is 2. The smallest absolute Gasteiger partial charge is 0.174 e. The molecule has 1 N–H and O–H groups in total. The molecule has 2 heterocycles. The zero-order valence-corrected chi connectivity index (χ0v) is 18.8. The van der Waals surface area contributed by atoms with Crippen LogP contribution in [0.1, 0.15) is 40.4 Å². The molecule has 2 aliphatic rings. The van der Waals surface area contributed by atoms with Gasteiger partial charge in [-0.15, -0.1) is 11.3 Å². The van der Waals surface area contributed by atoms with E-state index in [0.717, 1.165) is 22.7 Å². The molecule has 3 aromatic rings. The number of hydrogen-bond donors (Lipinski definition) is 1. The molecule has 4 nitrogen and oxygen atoms in total. The van der Waals surface area contributed by atoms with E-state index in [1.807, 2.05) is 52.7 Å². The van der Waals surface area contributed by atoms with Crippen LogP contribution in [0.25, 0.3) is 0 Å². The van der Waals surface area contributed by atoms with E-state index in [0.29, 0.717) is 29.0 Å². The summed E-state index contributed by atoms with van der Waals surface area (Å²) in [7, 11) is 0. The van der Waals surface area contributed by atoms with Gasteiger partial charge in [-0.25, -0.2) is 0 Å². The van der Waals surface area contributed by atoms with E-state index >= 15 is 0 Å². The minimum Gasteiger partial charge on any atom is -0.302 e. The summed E-state index contributed by atoms with van der Waals surface area (Å²) in [5.41, 5.74) is 2.84. The van der Waals surface area contributed by atoms with Crippen LogP contribution in [0.4, 0.5) is 5.69 Å². The Morgan fingerprint density at radius 2 is 1.75 bits per heavy atom. The second-order valence-electron chi connectivity index (χ2n) is 8.04. The number of rotatable bonds is 4. The lowest BCUT2D eigenvalue weighted by molar-refractivity contribution is -0.116. The maximum atomic E-state index is 13.8. The van der Waals surface area contributed by atoms with Crippen molar-refractivity contribution in [1.82, 2.24) is 0 Å². The van der Waals surface area contributed by atoms with Gasteiger partial charge >= 0.3 is 0 Å². The first-order chi connectivity index (χ1) is 15.6. The Balaban J connectivity index is 1.73. The van der Waals surface area contributed by atoms with Crippen molar-refractivity contribution in [3.05, 3.63) is 98.8 Å². The Hall–Kier alpha value is -3.02. The molecule has 0 amide bonds. The van der Waals surface area contributed by atoms with E-state index in [4.69, 9.17) is 11.6 Å². The molecule has 2 unspecified atom stereocenters. The number of halogens is 1. The number of para-hydroxylation sites is 1. The van der Waals surface area contributed by atoms with Crippen molar-refractivity contribution in [3.8, 4) is 0 Å². The third-order valence-corrected chi connectivity index (χ3v) is 7.36. The fourth-order valence-corrected chi connectivity index (χ4v) is 5.75. The Labute approximate surface area is 195 Å². The molecule has 5 rings (SSSR count). The summed E-state index contributed by atoms with van der Waals surface area (Å²) < 4.78 is 0. The first-order valence-corrected chi connectivity index (χ1v) is 11.8. The number of Topliss-reactive ketones (excluding diaryl/α,β-unsaturated/α-hetero) is 2. The van der Waals surface area contributed by atoms with Crippen molar-refractivity contribution in [2.75, 3.05) is 4.90 Å². The predicted octanol–water partition coefficient (Wildman–Crippen LogP) is 6.49. The van der Waals surface area contributed by atoms with E-state index in [1.54, 1.807) is 24.3 Å². The summed E-state index contributed by atoms with van der Waals surface area (Å²) in [6, 6.07) is 20.3. The van der Waals surface area contributed by atoms with E-state index in [-0.39, 0.29) is 17.4 Å². The minimum absolute atomic E-state index is 0.0759. The molecule has 160 valence electrons. The number of benzene rings is 2. The van der Waals surface area contributed by atoms with Crippen LogP contribution in [0.15, 0.2) is 83.4 Å². The normalized spacial score (nSPS) is 21.0. The fraction of sp³-hybridized carbons (Fsp3) is 0.192. The van der Waals surface area contributed by atoms with Crippen molar-refractivity contribution in [2.24, 2.45) is 5.92 Å². The van der Waals surface area contributed by atoms with Gasteiger partial charge < -0.3 is 4.90 Å². The lowest BCUT2D eigenvalue weighted by Crippen LogP contribution is -2.48. The highest BCUT2D eigenvalue weighted by Crippen LogP contribution is 2.48. The van der Waals surface area contributed by atoms with Gasteiger partial charge in [0.25, 0.3) is 0 Å². The van der Waals surface area contributed by atoms with Crippen molar-refractivity contribution in [1.29, 1.82) is 5.41 Å². The zero-order chi connectivity index (χ0) is 22.2. The number of anilines is 1. The van der Waals surface area contributed by atoms with E-state index < -0.39 is 11.8 Å². The molecule has 0 spiro atoms. The third kappa shape index (κ3) is 3.51. The van der Waals surface area contributed by atoms with E-state index in [2.05, 4.69) is 0 Å². The van der Waals surface area contributed by atoms with Gasteiger partial charge in [-0.1, -0.05) is 35.9 Å². The summed E-state index contributed by atoms with van der Waals surface area (Å²) >= 11 is 7.57. The van der Waals surface area contributed by atoms with Crippen LogP contribution in [0.2, 0.25) is 5.02 Å². The van der Waals surface area contributed by atoms with Gasteiger partial charge in [0.05, 0.1) is 5.92 Å². The molecule has 32 heavy (non-hydrogen) atoms. The first-order valence-electron chi connectivity index (χ1n) is 10.6. The Kier molecular flexibility index (Phi) is 5.53. The number of allylic oxidation sites excluding steroid dienone is 2. The van der Waals surface area contributed by atoms with Crippen LogP contribution >= 0.6 is 22.9 Å². The fourth-order valence-electron chi connectivity index (χ4n) is 4.76. The Morgan fingerprint density at radius 1 is 1.00 bits per heavy atom. The monoisotopic (exact) mass is 460 g/mol. The number of thiophene rings is 1. The molecule has 0 saturated carbocycles. The zero-order valence-electron chi connectivity index (χ0n) is 17.3. The lowest BCUT2D eigenvalue weighted by Gasteiger charge is -2.43. The van der Waals surface area contributed by atoms with Gasteiger partial charge in [0.1, 0.15) is 5.84 Å². The quantitative estimate of drug-likeness (QED) is 0.452. The SMILES string of the molecule is N=C1C(C(=O)c2ccc(Cl)cc2)C(c2cccs2)C2=C(CCCC2=O)N1c1ccccc1. The molecule has 1 aromatic heterocycles. The highest BCUT2D eigenvalue weighted by atomic mass is 35.5. The summed E-state index contributed by atoms with van der Waals surface area (Å²) in [6.45, 7) is 0. The van der Waals surface area contributed by atoms with Crippen LogP contribution in [-0.4, -0.2) is 17.4 Å². The average Bonchev–Trinajstić information content (AvgIpc) is 3.34. The summed E-state index contributed by atoms with van der Waals surface area (Å²) in [4.78, 5) is 29.9. The number of amidine groups is 1. The molecule has 2 atom stereocenters. The molecule has 6 heteroatoms. The van der Waals surface area contributed by atoms with Crippen LogP contribution in [-0.2, 0) is 4.79 Å². The molecule has 0 radical (unpaired) electrons. The first kappa shape index (κ1) is 20.9. The van der Waals surface area contributed by atoms with Gasteiger partial charge in [0.15, 0.2) is 11.6 Å². The van der Waals surface area contributed by atoms with Crippen molar-refractivity contribution in [2.45, 2.75) is 25.2 Å². The maximum absolute atomic E-state index is 13.8. The van der Waals surface area contributed by atoms with Crippen LogP contribution in [0, 0.1) is 11.3 Å². The maximum Gasteiger partial charge on any atom is 0.174 e. The molecule has 1 aliphatic carbocycles. The standard InChI is InChI=1S/C26H21ClN2O2S/c27-17-13-11-16(12-14-17)25(31)24-23(21-10-5-15-32-21)22-19(8-4-9-20(22)30)29(26(24)28)18-6-2-1-3-7-18/h1-3,5-7,10-15,23-24,28H,4,8-9H2. The molecule has 2 aromatic carbocycles. The summed E-state index contributed by atoms with van der Waals surface area (Å²) in [5, 5.41) is 11.7. The van der Waals surface area contributed by atoms with Crippen LogP contribution in [0.5, 0.6) is 0 Å². The number of carbonyl (C=O) groups is 2. The molecule has 0 fully saturated rings. The van der Waals surface area contributed by atoms with Gasteiger partial charge in [0.2, 0.25) is 0 Å². The highest BCUT2D eigenvalue weighted by molar-refractivity contribution is 7.10. The van der Waals surface area contributed by atoms with Crippen molar-refractivity contribution in [3.63, 3.8) is 0 Å². The molecule has 1 aliphatic heterocycles. The van der Waals surface area contributed by atoms with Gasteiger partial charge in [-0.3, -0.25) is 15.0 Å². The largest absolute Gasteiger partial charge is 0.302 e.